The largest absolute Gasteiger partial charge is 0.322 e. The van der Waals surface area contributed by atoms with E-state index in [0.717, 1.165) is 5.56 Å². The molecule has 14 heavy (non-hydrogen) atoms. The highest BCUT2D eigenvalue weighted by molar-refractivity contribution is 7.80. The van der Waals surface area contributed by atoms with E-state index in [1.54, 1.807) is 0 Å². The smallest absolute Gasteiger partial charge is 0.320 e. The average Bonchev–Trinajstić information content (AvgIpc) is 2.43. The van der Waals surface area contributed by atoms with Gasteiger partial charge >= 0.3 is 6.03 Å². The summed E-state index contributed by atoms with van der Waals surface area (Å²) in [7, 11) is 0. The van der Waals surface area contributed by atoms with Gasteiger partial charge in [-0.1, -0.05) is 42.5 Å². The molecule has 1 saturated heterocycles. The first-order valence-electron chi connectivity index (χ1n) is 4.32. The lowest BCUT2D eigenvalue weighted by Gasteiger charge is -2.22. The first kappa shape index (κ1) is 9.15. The van der Waals surface area contributed by atoms with Crippen molar-refractivity contribution in [3.05, 3.63) is 35.9 Å². The van der Waals surface area contributed by atoms with Gasteiger partial charge in [-0.2, -0.15) is 0 Å². The molecular formula is C10H10N2OS. The predicted octanol–water partition coefficient (Wildman–Crippen LogP) is 1.54. The number of nitrogens with one attached hydrogen (secondary N) is 2. The van der Waals surface area contributed by atoms with Crippen LogP contribution in [0.15, 0.2) is 30.3 Å². The fourth-order valence-electron chi connectivity index (χ4n) is 1.52. The summed E-state index contributed by atoms with van der Waals surface area (Å²) >= 11 is 5.12. The number of carbonyl (C=O) groups excluding carboxylic acids is 1. The van der Waals surface area contributed by atoms with E-state index >= 15 is 0 Å². The fraction of sp³-hybridized carbons (Fsp3) is 0.200. The van der Waals surface area contributed by atoms with Gasteiger partial charge in [-0.3, -0.25) is 5.32 Å². The zero-order valence-electron chi connectivity index (χ0n) is 7.70. The topological polar surface area (TPSA) is 41.1 Å². The Labute approximate surface area is 87.5 Å². The fourth-order valence-corrected chi connectivity index (χ4v) is 1.78. The number of rotatable bonds is 1. The molecule has 2 rings (SSSR count). The van der Waals surface area contributed by atoms with E-state index in [1.807, 2.05) is 37.3 Å². The molecule has 1 fully saturated rings. The highest BCUT2D eigenvalue weighted by atomic mass is 32.1. The molecule has 2 amide bonds. The molecule has 3 nitrogen and oxygen atoms in total. The predicted molar refractivity (Wildman–Crippen MR) is 58.1 cm³/mol. The maximum atomic E-state index is 11.1. The summed E-state index contributed by atoms with van der Waals surface area (Å²) in [5.74, 6) is 0. The standard InChI is InChI=1S/C10H10N2OS/c1-10(7-5-3-2-4-6-7)8(14)11-9(13)12-10/h2-6H,1H3,(H2,11,12,13,14). The number of hydrogen-bond acceptors (Lipinski definition) is 2. The zero-order chi connectivity index (χ0) is 10.2. The summed E-state index contributed by atoms with van der Waals surface area (Å²) in [6.07, 6.45) is 0. The third-order valence-corrected chi connectivity index (χ3v) is 2.91. The van der Waals surface area contributed by atoms with Crippen LogP contribution in [0, 0.1) is 0 Å². The van der Waals surface area contributed by atoms with Gasteiger partial charge in [-0.05, 0) is 12.5 Å². The molecule has 1 heterocycles. The molecule has 0 saturated carbocycles. The first-order valence-corrected chi connectivity index (χ1v) is 4.73. The Bertz CT molecular complexity index is 390. The molecule has 0 aliphatic carbocycles. The van der Waals surface area contributed by atoms with Crippen molar-refractivity contribution in [3.8, 4) is 0 Å². The number of amides is 2. The van der Waals surface area contributed by atoms with Crippen LogP contribution in [0.4, 0.5) is 4.79 Å². The van der Waals surface area contributed by atoms with Gasteiger partial charge in [-0.25, -0.2) is 4.79 Å². The molecule has 0 radical (unpaired) electrons. The molecule has 0 aromatic heterocycles. The molecule has 1 unspecified atom stereocenters. The monoisotopic (exact) mass is 206 g/mol. The molecule has 4 heteroatoms. The van der Waals surface area contributed by atoms with Crippen molar-refractivity contribution >= 4 is 23.2 Å². The Kier molecular flexibility index (Phi) is 2.00. The van der Waals surface area contributed by atoms with Gasteiger partial charge in [-0.15, -0.1) is 0 Å². The average molecular weight is 206 g/mol. The van der Waals surface area contributed by atoms with Crippen molar-refractivity contribution in [2.75, 3.05) is 0 Å². The Balaban J connectivity index is 2.43. The van der Waals surface area contributed by atoms with E-state index in [0.29, 0.717) is 4.99 Å². The Morgan fingerprint density at radius 3 is 2.43 bits per heavy atom. The van der Waals surface area contributed by atoms with Crippen molar-refractivity contribution in [2.45, 2.75) is 12.5 Å². The summed E-state index contributed by atoms with van der Waals surface area (Å²) in [4.78, 5) is 11.7. The Hall–Kier alpha value is -1.42. The van der Waals surface area contributed by atoms with Crippen molar-refractivity contribution in [1.29, 1.82) is 0 Å². The van der Waals surface area contributed by atoms with Gasteiger partial charge in [0.2, 0.25) is 0 Å². The molecule has 1 aromatic carbocycles. The number of urea groups is 1. The van der Waals surface area contributed by atoms with Crippen LogP contribution >= 0.6 is 12.2 Å². The highest BCUT2D eigenvalue weighted by Gasteiger charge is 2.39. The van der Waals surface area contributed by atoms with Crippen LogP contribution in [-0.4, -0.2) is 11.0 Å². The molecule has 1 aliphatic rings. The van der Waals surface area contributed by atoms with E-state index in [1.165, 1.54) is 0 Å². The minimum Gasteiger partial charge on any atom is -0.322 e. The van der Waals surface area contributed by atoms with Gasteiger partial charge in [0.05, 0.1) is 0 Å². The number of benzene rings is 1. The van der Waals surface area contributed by atoms with E-state index < -0.39 is 5.54 Å². The summed E-state index contributed by atoms with van der Waals surface area (Å²) in [5, 5.41) is 5.39. The van der Waals surface area contributed by atoms with Crippen LogP contribution in [0.25, 0.3) is 0 Å². The molecular weight excluding hydrogens is 196 g/mol. The van der Waals surface area contributed by atoms with Crippen molar-refractivity contribution < 1.29 is 4.79 Å². The van der Waals surface area contributed by atoms with Gasteiger partial charge in [0.15, 0.2) is 0 Å². The maximum absolute atomic E-state index is 11.1. The second-order valence-corrected chi connectivity index (χ2v) is 3.81. The third kappa shape index (κ3) is 1.28. The van der Waals surface area contributed by atoms with E-state index in [2.05, 4.69) is 10.6 Å². The maximum Gasteiger partial charge on any atom is 0.320 e. The molecule has 2 N–H and O–H groups in total. The van der Waals surface area contributed by atoms with Gasteiger partial charge in [0.25, 0.3) is 0 Å². The summed E-state index contributed by atoms with van der Waals surface area (Å²) < 4.78 is 0. The van der Waals surface area contributed by atoms with E-state index in [-0.39, 0.29) is 6.03 Å². The number of thiocarbonyl (C=S) groups is 1. The molecule has 1 aliphatic heterocycles. The third-order valence-electron chi connectivity index (χ3n) is 2.40. The van der Waals surface area contributed by atoms with Crippen LogP contribution in [0.1, 0.15) is 12.5 Å². The highest BCUT2D eigenvalue weighted by Crippen LogP contribution is 2.24. The molecule has 1 aromatic rings. The molecule has 72 valence electrons. The van der Waals surface area contributed by atoms with Crippen LogP contribution in [0.5, 0.6) is 0 Å². The quantitative estimate of drug-likeness (QED) is 0.684. The Morgan fingerprint density at radius 1 is 1.29 bits per heavy atom. The van der Waals surface area contributed by atoms with Gasteiger partial charge in [0.1, 0.15) is 10.5 Å². The number of carbonyl (C=O) groups is 1. The SMILES string of the molecule is CC1(c2ccccc2)NC(=O)NC1=S. The molecule has 0 spiro atoms. The van der Waals surface area contributed by atoms with Crippen LogP contribution in [0.3, 0.4) is 0 Å². The lowest BCUT2D eigenvalue weighted by atomic mass is 9.93. The lowest BCUT2D eigenvalue weighted by molar-refractivity contribution is 0.245. The summed E-state index contributed by atoms with van der Waals surface area (Å²) in [5.41, 5.74) is 0.427. The molecule has 1 atom stereocenters. The zero-order valence-corrected chi connectivity index (χ0v) is 8.52. The number of hydrogen-bond donors (Lipinski definition) is 2. The van der Waals surface area contributed by atoms with Crippen molar-refractivity contribution in [1.82, 2.24) is 10.6 Å². The van der Waals surface area contributed by atoms with Crippen LogP contribution in [0.2, 0.25) is 0 Å². The van der Waals surface area contributed by atoms with Crippen LogP contribution in [-0.2, 0) is 5.54 Å². The second kappa shape index (κ2) is 3.06. The normalized spacial score (nSPS) is 25.8. The minimum absolute atomic E-state index is 0.235. The van der Waals surface area contributed by atoms with Gasteiger partial charge < -0.3 is 5.32 Å². The lowest BCUT2D eigenvalue weighted by Crippen LogP contribution is -2.39. The van der Waals surface area contributed by atoms with Gasteiger partial charge in [0, 0.05) is 0 Å². The van der Waals surface area contributed by atoms with E-state index in [4.69, 9.17) is 12.2 Å². The first-order chi connectivity index (χ1) is 6.63. The van der Waals surface area contributed by atoms with Crippen LogP contribution < -0.4 is 10.6 Å². The Morgan fingerprint density at radius 2 is 1.93 bits per heavy atom. The molecule has 0 bridgehead atoms. The summed E-state index contributed by atoms with van der Waals surface area (Å²) in [6, 6.07) is 9.43. The second-order valence-electron chi connectivity index (χ2n) is 3.40. The van der Waals surface area contributed by atoms with E-state index in [9.17, 15) is 4.79 Å². The van der Waals surface area contributed by atoms with Crippen molar-refractivity contribution in [2.24, 2.45) is 0 Å². The minimum atomic E-state index is -0.562. The summed E-state index contributed by atoms with van der Waals surface area (Å²) in [6.45, 7) is 1.89. The van der Waals surface area contributed by atoms with Crippen molar-refractivity contribution in [3.63, 3.8) is 0 Å².